The zero-order valence-corrected chi connectivity index (χ0v) is 8.61. The van der Waals surface area contributed by atoms with Crippen molar-refractivity contribution in [1.82, 2.24) is 14.6 Å². The Morgan fingerprint density at radius 2 is 2.14 bits per heavy atom. The number of rotatable bonds is 2. The van der Waals surface area contributed by atoms with Gasteiger partial charge in [-0.2, -0.15) is 0 Å². The van der Waals surface area contributed by atoms with Gasteiger partial charge < -0.3 is 4.74 Å². The smallest absolute Gasteiger partial charge is 0.200 e. The molecule has 2 aromatic heterocycles. The molecule has 2 heterocycles. The molecule has 0 aliphatic heterocycles. The molecule has 2 rings (SSSR count). The van der Waals surface area contributed by atoms with Crippen LogP contribution in [-0.2, 0) is 6.42 Å². The van der Waals surface area contributed by atoms with Gasteiger partial charge in [0.05, 0.1) is 7.11 Å². The Bertz CT molecular complexity index is 462. The second kappa shape index (κ2) is 3.29. The van der Waals surface area contributed by atoms with Crippen LogP contribution in [-0.4, -0.2) is 21.7 Å². The molecule has 0 radical (unpaired) electrons. The highest BCUT2D eigenvalue weighted by molar-refractivity contribution is 5.45. The number of ether oxygens (including phenoxy) is 1. The summed E-state index contributed by atoms with van der Waals surface area (Å²) < 4.78 is 7.23. The minimum absolute atomic E-state index is 0.793. The van der Waals surface area contributed by atoms with Crippen molar-refractivity contribution >= 4 is 5.65 Å². The number of hydrogen-bond acceptors (Lipinski definition) is 3. The zero-order chi connectivity index (χ0) is 10.1. The number of aromatic nitrogens is 3. The fourth-order valence-electron chi connectivity index (χ4n) is 1.55. The van der Waals surface area contributed by atoms with Crippen LogP contribution in [0.1, 0.15) is 18.3 Å². The third-order valence-corrected chi connectivity index (χ3v) is 2.21. The molecule has 0 saturated carbocycles. The Kier molecular flexibility index (Phi) is 2.11. The lowest BCUT2D eigenvalue weighted by Crippen LogP contribution is -1.98. The number of aryl methyl sites for hydroxylation is 2. The summed E-state index contributed by atoms with van der Waals surface area (Å²) in [5.41, 5.74) is 1.98. The van der Waals surface area contributed by atoms with Crippen LogP contribution in [0.4, 0.5) is 0 Å². The van der Waals surface area contributed by atoms with Crippen LogP contribution in [0.2, 0.25) is 0 Å². The van der Waals surface area contributed by atoms with E-state index >= 15 is 0 Å². The molecule has 0 amide bonds. The van der Waals surface area contributed by atoms with Gasteiger partial charge in [-0.3, -0.25) is 0 Å². The third-order valence-electron chi connectivity index (χ3n) is 2.21. The summed E-state index contributed by atoms with van der Waals surface area (Å²) in [5, 5.41) is 8.19. The Balaban J connectivity index is 2.78. The Labute approximate surface area is 82.5 Å². The Morgan fingerprint density at radius 1 is 1.36 bits per heavy atom. The quantitative estimate of drug-likeness (QED) is 0.724. The van der Waals surface area contributed by atoms with E-state index in [-0.39, 0.29) is 0 Å². The van der Waals surface area contributed by atoms with Crippen LogP contribution < -0.4 is 4.74 Å². The molecule has 0 spiro atoms. The molecule has 0 saturated heterocycles. The summed E-state index contributed by atoms with van der Waals surface area (Å²) in [6, 6.07) is 3.98. The average Bonchev–Trinajstić information content (AvgIpc) is 2.59. The van der Waals surface area contributed by atoms with E-state index in [4.69, 9.17) is 4.74 Å². The number of pyridine rings is 1. The van der Waals surface area contributed by atoms with Crippen molar-refractivity contribution in [1.29, 1.82) is 0 Å². The topological polar surface area (TPSA) is 39.4 Å². The molecule has 0 fully saturated rings. The summed E-state index contributed by atoms with van der Waals surface area (Å²) >= 11 is 0. The number of methoxy groups -OCH3 is 1. The molecule has 0 aliphatic carbocycles. The van der Waals surface area contributed by atoms with Gasteiger partial charge >= 0.3 is 0 Å². The number of hydrogen-bond donors (Lipinski definition) is 0. The van der Waals surface area contributed by atoms with Crippen LogP contribution in [0.15, 0.2) is 12.1 Å². The second-order valence-electron chi connectivity index (χ2n) is 3.24. The summed E-state index contributed by atoms with van der Waals surface area (Å²) in [4.78, 5) is 0. The van der Waals surface area contributed by atoms with Crippen LogP contribution in [0.5, 0.6) is 5.88 Å². The van der Waals surface area contributed by atoms with Gasteiger partial charge in [-0.05, 0) is 18.6 Å². The van der Waals surface area contributed by atoms with Gasteiger partial charge in [-0.1, -0.05) is 6.92 Å². The molecule has 14 heavy (non-hydrogen) atoms. The molecule has 4 heteroatoms. The van der Waals surface area contributed by atoms with Gasteiger partial charge in [0, 0.05) is 12.5 Å². The maximum Gasteiger partial charge on any atom is 0.200 e. The van der Waals surface area contributed by atoms with Crippen molar-refractivity contribution in [3.63, 3.8) is 0 Å². The summed E-state index contributed by atoms with van der Waals surface area (Å²) in [6.07, 6.45) is 0.848. The van der Waals surface area contributed by atoms with Crippen molar-refractivity contribution in [2.24, 2.45) is 0 Å². The lowest BCUT2D eigenvalue weighted by atomic mass is 10.3. The van der Waals surface area contributed by atoms with Crippen molar-refractivity contribution < 1.29 is 4.74 Å². The van der Waals surface area contributed by atoms with E-state index in [0.717, 1.165) is 29.3 Å². The first-order valence-electron chi connectivity index (χ1n) is 4.65. The molecule has 0 aromatic carbocycles. The predicted octanol–water partition coefficient (Wildman–Crippen LogP) is 1.61. The highest BCUT2D eigenvalue weighted by Crippen LogP contribution is 2.18. The average molecular weight is 191 g/mol. The molecule has 74 valence electrons. The molecule has 2 aromatic rings. The molecule has 4 nitrogen and oxygen atoms in total. The maximum absolute atomic E-state index is 5.29. The number of fused-ring (bicyclic) bond motifs is 1. The second-order valence-corrected chi connectivity index (χ2v) is 3.24. The van der Waals surface area contributed by atoms with E-state index in [1.54, 1.807) is 7.11 Å². The van der Waals surface area contributed by atoms with E-state index in [2.05, 4.69) is 17.1 Å². The number of nitrogens with zero attached hydrogens (tertiary/aromatic N) is 3. The van der Waals surface area contributed by atoms with Gasteiger partial charge in [0.15, 0.2) is 5.65 Å². The van der Waals surface area contributed by atoms with E-state index in [0.29, 0.717) is 0 Å². The van der Waals surface area contributed by atoms with Crippen molar-refractivity contribution in [3.05, 3.63) is 23.5 Å². The first kappa shape index (κ1) is 8.99. The van der Waals surface area contributed by atoms with E-state index < -0.39 is 0 Å². The van der Waals surface area contributed by atoms with E-state index in [9.17, 15) is 0 Å². The summed E-state index contributed by atoms with van der Waals surface area (Å²) in [7, 11) is 1.66. The Hall–Kier alpha value is -1.58. The van der Waals surface area contributed by atoms with Gasteiger partial charge in [0.1, 0.15) is 5.82 Å². The van der Waals surface area contributed by atoms with E-state index in [1.807, 2.05) is 23.5 Å². The fourth-order valence-corrected chi connectivity index (χ4v) is 1.55. The Morgan fingerprint density at radius 3 is 2.79 bits per heavy atom. The van der Waals surface area contributed by atoms with E-state index in [1.165, 1.54) is 0 Å². The first-order chi connectivity index (χ1) is 6.76. The molecule has 0 atom stereocenters. The van der Waals surface area contributed by atoms with Crippen molar-refractivity contribution in [2.75, 3.05) is 7.11 Å². The lowest BCUT2D eigenvalue weighted by Gasteiger charge is -2.06. The lowest BCUT2D eigenvalue weighted by molar-refractivity contribution is 0.390. The monoisotopic (exact) mass is 191 g/mol. The van der Waals surface area contributed by atoms with Crippen LogP contribution in [0, 0.1) is 6.92 Å². The minimum Gasteiger partial charge on any atom is -0.482 e. The first-order valence-corrected chi connectivity index (χ1v) is 4.65. The van der Waals surface area contributed by atoms with Crippen molar-refractivity contribution in [2.45, 2.75) is 20.3 Å². The van der Waals surface area contributed by atoms with Crippen LogP contribution in [0.25, 0.3) is 5.65 Å². The SMILES string of the molecule is CCc1nnc2cc(C)cc(OC)n12. The highest BCUT2D eigenvalue weighted by atomic mass is 16.5. The van der Waals surface area contributed by atoms with Crippen molar-refractivity contribution in [3.8, 4) is 5.88 Å². The summed E-state index contributed by atoms with van der Waals surface area (Å²) in [6.45, 7) is 4.07. The molecule has 0 bridgehead atoms. The normalized spacial score (nSPS) is 10.8. The molecule has 0 aliphatic rings. The largest absolute Gasteiger partial charge is 0.482 e. The predicted molar refractivity (Wildman–Crippen MR) is 53.7 cm³/mol. The van der Waals surface area contributed by atoms with Gasteiger partial charge in [0.2, 0.25) is 5.88 Å². The molecule has 0 N–H and O–H groups in total. The van der Waals surface area contributed by atoms with Gasteiger partial charge in [-0.15, -0.1) is 10.2 Å². The molecular formula is C10H13N3O. The fraction of sp³-hybridized carbons (Fsp3) is 0.400. The third kappa shape index (κ3) is 1.23. The van der Waals surface area contributed by atoms with Crippen LogP contribution in [0.3, 0.4) is 0 Å². The standard InChI is InChI=1S/C10H13N3O/c1-4-8-11-12-9-5-7(2)6-10(14-3)13(8)9/h5-6H,4H2,1-3H3. The summed E-state index contributed by atoms with van der Waals surface area (Å²) in [5.74, 6) is 1.72. The molecular weight excluding hydrogens is 178 g/mol. The maximum atomic E-state index is 5.29. The van der Waals surface area contributed by atoms with Gasteiger partial charge in [0.25, 0.3) is 0 Å². The van der Waals surface area contributed by atoms with Gasteiger partial charge in [-0.25, -0.2) is 4.40 Å². The zero-order valence-electron chi connectivity index (χ0n) is 8.61. The highest BCUT2D eigenvalue weighted by Gasteiger charge is 2.08. The molecule has 0 unspecified atom stereocenters. The van der Waals surface area contributed by atoms with Crippen LogP contribution >= 0.6 is 0 Å². The minimum atomic E-state index is 0.793.